The molecule has 3 aromatic rings. The van der Waals surface area contributed by atoms with Crippen LogP contribution >= 0.6 is 34.8 Å². The summed E-state index contributed by atoms with van der Waals surface area (Å²) >= 11 is 17.9. The maximum Gasteiger partial charge on any atom is 0.407 e. The Morgan fingerprint density at radius 2 is 0.856 bits per heavy atom. The van der Waals surface area contributed by atoms with Crippen LogP contribution in [0.5, 0.6) is 5.75 Å². The van der Waals surface area contributed by atoms with Gasteiger partial charge in [0, 0.05) is 55.4 Å². The number of carbonyl (C=O) groups excluding carboxylic acids is 11. The Bertz CT molecular complexity index is 3000. The van der Waals surface area contributed by atoms with Gasteiger partial charge in [-0.15, -0.1) is 0 Å². The lowest BCUT2D eigenvalue weighted by atomic mass is 9.94. The van der Waals surface area contributed by atoms with Crippen molar-refractivity contribution in [1.82, 2.24) is 5.32 Å². The number of ether oxygens (including phenoxy) is 17. The molecule has 490 valence electrons. The summed E-state index contributed by atoms with van der Waals surface area (Å²) in [4.78, 5) is 144. The maximum absolute atomic E-state index is 14.4. The number of halogens is 3. The summed E-state index contributed by atoms with van der Waals surface area (Å²) in [6.07, 6.45) is -28.2. The van der Waals surface area contributed by atoms with Crippen molar-refractivity contribution in [2.24, 2.45) is 0 Å². The van der Waals surface area contributed by atoms with Gasteiger partial charge in [0.05, 0.1) is 17.7 Å². The fourth-order valence-electron chi connectivity index (χ4n) is 9.28. The van der Waals surface area contributed by atoms with Gasteiger partial charge in [-0.3, -0.25) is 38.4 Å². The smallest absolute Gasteiger partial charge is 0.407 e. The highest BCUT2D eigenvalue weighted by Crippen LogP contribution is 2.39. The first-order valence-electron chi connectivity index (χ1n) is 27.3. The number of hydrogen-bond acceptors (Lipinski definition) is 28. The van der Waals surface area contributed by atoms with Crippen molar-refractivity contribution in [1.29, 1.82) is 0 Å². The quantitative estimate of drug-likeness (QED) is 0.0562. The van der Waals surface area contributed by atoms with Crippen LogP contribution in [-0.4, -0.2) is 188 Å². The van der Waals surface area contributed by atoms with E-state index in [1.54, 1.807) is 24.3 Å². The molecule has 32 heteroatoms. The van der Waals surface area contributed by atoms with Gasteiger partial charge in [0.2, 0.25) is 3.79 Å². The normalized spacial score (nSPS) is 26.3. The van der Waals surface area contributed by atoms with E-state index < -0.39 is 188 Å². The predicted molar refractivity (Wildman–Crippen MR) is 300 cm³/mol. The van der Waals surface area contributed by atoms with Crippen LogP contribution < -0.4 is 10.1 Å². The average Bonchev–Trinajstić information content (AvgIpc) is 0.777. The van der Waals surface area contributed by atoms with Crippen molar-refractivity contribution in [2.75, 3.05) is 26.4 Å². The Balaban J connectivity index is 1.56. The molecular formula is C58H64Cl3NO28. The second-order valence-electron chi connectivity index (χ2n) is 19.9. The third kappa shape index (κ3) is 21.7. The Labute approximate surface area is 528 Å². The summed E-state index contributed by atoms with van der Waals surface area (Å²) in [5, 5.41) is 2.43. The Kier molecular flexibility index (Phi) is 26.4. The number of nitrogens with one attached hydrogen (secondary N) is 1. The second kappa shape index (κ2) is 33.4. The number of rotatable bonds is 24. The molecule has 1 N–H and O–H groups in total. The first kappa shape index (κ1) is 71.3. The zero-order valence-electron chi connectivity index (χ0n) is 49.3. The zero-order chi connectivity index (χ0) is 66.0. The van der Waals surface area contributed by atoms with E-state index in [4.69, 9.17) is 115 Å². The summed E-state index contributed by atoms with van der Waals surface area (Å²) in [7, 11) is 0. The second-order valence-corrected chi connectivity index (χ2v) is 22.4. The number of benzene rings is 3. The van der Waals surface area contributed by atoms with E-state index in [1.807, 2.05) is 0 Å². The lowest BCUT2D eigenvalue weighted by molar-refractivity contribution is -0.368. The number of esters is 10. The van der Waals surface area contributed by atoms with Gasteiger partial charge in [0.25, 0.3) is 0 Å². The summed E-state index contributed by atoms with van der Waals surface area (Å²) in [5.41, 5.74) is 0.428. The molecule has 0 aromatic heterocycles. The Hall–Kier alpha value is -7.74. The van der Waals surface area contributed by atoms with Gasteiger partial charge < -0.3 is 85.8 Å². The van der Waals surface area contributed by atoms with Crippen LogP contribution in [-0.2, 0) is 121 Å². The molecule has 0 saturated carbocycles. The SMILES string of the molecule is CC(=O)OC[C@H]1O[C@@H](O[C@H]2[C@H](OC(C)=O)[C@@H](NC(=O)OCC(Cl)(Cl)Cl)[C@H](O[C@H]3[C@@H](OC(C)=O)[C@@H](COC(=O)c4ccccc4)O[C@@H](OCc4ccc(OC(C)=O)cc4)[C@@H]3OC(=O)c3ccccc3)O[C@@H]2COC(C)=O)[C@H](OC(C)=O)[C@@H](OC(C)=O)[C@H]1OC(C)=O. The number of hydrogen-bond donors (Lipinski definition) is 1. The highest BCUT2D eigenvalue weighted by molar-refractivity contribution is 6.67. The molecule has 3 saturated heterocycles. The van der Waals surface area contributed by atoms with Crippen molar-refractivity contribution >= 4 is 101 Å². The van der Waals surface area contributed by atoms with E-state index >= 15 is 0 Å². The molecule has 29 nitrogen and oxygen atoms in total. The molecule has 3 aliphatic heterocycles. The Morgan fingerprint density at radius 1 is 0.422 bits per heavy atom. The van der Waals surface area contributed by atoms with Gasteiger partial charge in [-0.1, -0.05) is 83.3 Å². The minimum Gasteiger partial charge on any atom is -0.463 e. The third-order valence-corrected chi connectivity index (χ3v) is 13.0. The lowest BCUT2D eigenvalue weighted by Crippen LogP contribution is -2.71. The molecule has 0 aliphatic carbocycles. The fourth-order valence-corrected chi connectivity index (χ4v) is 9.44. The van der Waals surface area contributed by atoms with E-state index in [0.29, 0.717) is 5.56 Å². The number of amides is 1. The first-order valence-corrected chi connectivity index (χ1v) is 28.5. The molecule has 90 heavy (non-hydrogen) atoms. The summed E-state index contributed by atoms with van der Waals surface area (Å²) in [6, 6.07) is 18.9. The van der Waals surface area contributed by atoms with E-state index in [-0.39, 0.29) is 23.5 Å². The van der Waals surface area contributed by atoms with Crippen molar-refractivity contribution in [3.8, 4) is 5.75 Å². The van der Waals surface area contributed by atoms with Crippen LogP contribution in [0.1, 0.15) is 81.7 Å². The summed E-state index contributed by atoms with van der Waals surface area (Å²) < 4.78 is 98.5. The highest BCUT2D eigenvalue weighted by Gasteiger charge is 2.60. The van der Waals surface area contributed by atoms with Crippen LogP contribution in [0.15, 0.2) is 84.9 Å². The monoisotopic (exact) mass is 1330 g/mol. The molecule has 0 bridgehead atoms. The van der Waals surface area contributed by atoms with Gasteiger partial charge in [0.15, 0.2) is 55.5 Å². The summed E-state index contributed by atoms with van der Waals surface area (Å²) in [5.74, 6) is -9.47. The largest absolute Gasteiger partial charge is 0.463 e. The van der Waals surface area contributed by atoms with E-state index in [9.17, 15) is 52.7 Å². The van der Waals surface area contributed by atoms with E-state index in [0.717, 1.165) is 48.5 Å². The van der Waals surface area contributed by atoms with Crippen molar-refractivity contribution < 1.29 is 133 Å². The Morgan fingerprint density at radius 3 is 1.37 bits per heavy atom. The zero-order valence-corrected chi connectivity index (χ0v) is 51.6. The standard InChI is InChI=1S/C58H64Cl3NO28/c1-28(63)74-24-40-44(89-56-51(84-35(8)70)48(83-34(7)69)45(80-31(4)66)41(87-56)25-75-29(2)64)47(82-33(6)68)43(62-57(73)78-27-58(59,60)61)54(85-40)90-49-46(81-32(5)67)42(26-76-52(71)37-15-11-9-12-16-37)86-55(50(49)88-53(72)38-17-13-10-14-18-38)77-23-36-19-21-39(22-20-36)79-30(3)65/h9-22,40-51,54-56H,23-27H2,1-8H3,(H,62,73)/t40-,41-,42-,43-,44-,45+,46+,47-,48+,49+,50-,51-,54+,55-,56+/m1/s1. The molecular weight excluding hydrogens is 1260 g/mol. The topological polar surface area (TPSA) is 357 Å². The molecule has 3 aliphatic rings. The predicted octanol–water partition coefficient (Wildman–Crippen LogP) is 4.41. The molecule has 3 fully saturated rings. The van der Waals surface area contributed by atoms with E-state index in [2.05, 4.69) is 5.32 Å². The van der Waals surface area contributed by atoms with Gasteiger partial charge in [-0.25, -0.2) is 14.4 Å². The van der Waals surface area contributed by atoms with Gasteiger partial charge in [-0.2, -0.15) is 0 Å². The van der Waals surface area contributed by atoms with Crippen molar-refractivity contribution in [2.45, 2.75) is 158 Å². The van der Waals surface area contributed by atoms with Crippen LogP contribution in [0.4, 0.5) is 4.79 Å². The molecule has 0 spiro atoms. The first-order chi connectivity index (χ1) is 42.5. The molecule has 1 amide bonds. The number of alkyl halides is 3. The van der Waals surface area contributed by atoms with Crippen LogP contribution in [0.25, 0.3) is 0 Å². The van der Waals surface area contributed by atoms with Gasteiger partial charge >= 0.3 is 65.8 Å². The van der Waals surface area contributed by atoms with Gasteiger partial charge in [-0.05, 0) is 42.0 Å². The minimum atomic E-state index is -2.25. The van der Waals surface area contributed by atoms with Crippen LogP contribution in [0.2, 0.25) is 0 Å². The fraction of sp³-hybridized carbons (Fsp3) is 0.500. The minimum absolute atomic E-state index is 0.0530. The maximum atomic E-state index is 14.4. The average molecular weight is 1330 g/mol. The number of carbonyl (C=O) groups is 11. The molecule has 0 unspecified atom stereocenters. The lowest BCUT2D eigenvalue weighted by Gasteiger charge is -2.50. The van der Waals surface area contributed by atoms with Crippen molar-refractivity contribution in [3.05, 3.63) is 102 Å². The summed E-state index contributed by atoms with van der Waals surface area (Å²) in [6.45, 7) is 4.26. The molecule has 15 atom stereocenters. The van der Waals surface area contributed by atoms with Crippen LogP contribution in [0.3, 0.4) is 0 Å². The number of alkyl carbamates (subject to hydrolysis) is 1. The molecule has 0 radical (unpaired) electrons. The van der Waals surface area contributed by atoms with Crippen LogP contribution in [0, 0.1) is 0 Å². The third-order valence-electron chi connectivity index (χ3n) is 12.7. The van der Waals surface area contributed by atoms with E-state index in [1.165, 1.54) is 67.6 Å². The molecule has 3 aromatic carbocycles. The molecule has 6 rings (SSSR count). The molecule has 3 heterocycles. The van der Waals surface area contributed by atoms with Crippen molar-refractivity contribution in [3.63, 3.8) is 0 Å². The highest BCUT2D eigenvalue weighted by atomic mass is 35.6. The van der Waals surface area contributed by atoms with Gasteiger partial charge in [0.1, 0.15) is 68.7 Å².